The Morgan fingerprint density at radius 3 is 2.68 bits per heavy atom. The molecule has 0 radical (unpaired) electrons. The maximum absolute atomic E-state index is 11.4. The zero-order valence-corrected chi connectivity index (χ0v) is 10.8. The van der Waals surface area contributed by atoms with Crippen LogP contribution in [0.2, 0.25) is 0 Å². The van der Waals surface area contributed by atoms with Crippen molar-refractivity contribution in [3.63, 3.8) is 0 Å². The molecule has 1 unspecified atom stereocenters. The number of carboxylic acids is 1. The van der Waals surface area contributed by atoms with Crippen LogP contribution in [0.25, 0.3) is 0 Å². The van der Waals surface area contributed by atoms with E-state index < -0.39 is 17.6 Å². The van der Waals surface area contributed by atoms with Crippen LogP contribution >= 0.6 is 0 Å². The third-order valence-electron chi connectivity index (χ3n) is 2.49. The lowest BCUT2D eigenvalue weighted by Crippen LogP contribution is -2.49. The van der Waals surface area contributed by atoms with Gasteiger partial charge in [-0.2, -0.15) is 0 Å². The Hall–Kier alpha value is -2.16. The molecule has 1 atom stereocenters. The number of aliphatic hydroxyl groups is 1. The van der Waals surface area contributed by atoms with Gasteiger partial charge in [0.2, 0.25) is 0 Å². The van der Waals surface area contributed by atoms with Gasteiger partial charge < -0.3 is 25.4 Å². The van der Waals surface area contributed by atoms with Gasteiger partial charge in [0.25, 0.3) is 0 Å². The van der Waals surface area contributed by atoms with E-state index in [0.717, 1.165) is 12.7 Å². The second kappa shape index (κ2) is 6.14. The van der Waals surface area contributed by atoms with E-state index in [1.54, 1.807) is 17.9 Å². The lowest BCUT2D eigenvalue weighted by molar-refractivity contribution is -0.155. The van der Waals surface area contributed by atoms with Crippen molar-refractivity contribution in [2.24, 2.45) is 7.05 Å². The fraction of sp³-hybridized carbons (Fsp3) is 0.600. The van der Waals surface area contributed by atoms with Crippen molar-refractivity contribution >= 4 is 12.0 Å². The summed E-state index contributed by atoms with van der Waals surface area (Å²) in [5.41, 5.74) is -1.99. The highest BCUT2D eigenvalue weighted by Gasteiger charge is 2.30. The van der Waals surface area contributed by atoms with E-state index in [9.17, 15) is 14.7 Å². The van der Waals surface area contributed by atoms with Gasteiger partial charge in [-0.3, -0.25) is 0 Å². The van der Waals surface area contributed by atoms with Crippen molar-refractivity contribution in [3.05, 3.63) is 12.2 Å². The number of rotatable bonds is 6. The Morgan fingerprint density at radius 2 is 2.16 bits per heavy atom. The van der Waals surface area contributed by atoms with E-state index in [1.165, 1.54) is 0 Å². The highest BCUT2D eigenvalue weighted by Crippen LogP contribution is 2.00. The van der Waals surface area contributed by atoms with Crippen molar-refractivity contribution < 1.29 is 19.8 Å². The number of aryl methyl sites for hydroxylation is 1. The van der Waals surface area contributed by atoms with Crippen molar-refractivity contribution in [3.8, 4) is 0 Å². The molecule has 0 aliphatic heterocycles. The minimum absolute atomic E-state index is 0.327. The molecule has 0 saturated carbocycles. The van der Waals surface area contributed by atoms with Crippen LogP contribution in [-0.2, 0) is 18.3 Å². The van der Waals surface area contributed by atoms with Crippen molar-refractivity contribution in [1.29, 1.82) is 0 Å². The molecule has 4 N–H and O–H groups in total. The van der Waals surface area contributed by atoms with E-state index in [4.69, 9.17) is 5.11 Å². The molecule has 1 rings (SSSR count). The number of amides is 2. The quantitative estimate of drug-likeness (QED) is 0.498. The smallest absolute Gasteiger partial charge is 0.337 e. The Bertz CT molecular complexity index is 457. The summed E-state index contributed by atoms with van der Waals surface area (Å²) in [6, 6.07) is -0.552. The third-order valence-corrected chi connectivity index (χ3v) is 2.49. The number of carbonyl (C=O) groups is 2. The second-order valence-electron chi connectivity index (χ2n) is 4.30. The van der Waals surface area contributed by atoms with Crippen LogP contribution in [0.5, 0.6) is 0 Å². The number of hydrogen-bond donors (Lipinski definition) is 4. The summed E-state index contributed by atoms with van der Waals surface area (Å²) in [4.78, 5) is 22.0. The van der Waals surface area contributed by atoms with E-state index in [1.807, 2.05) is 0 Å². The summed E-state index contributed by atoms with van der Waals surface area (Å²) in [6.45, 7) is 1.06. The standard InChI is InChI=1S/C10H17N5O4/c1-10(19,8(16)17)5-12-9(18)11-4-3-7-14-13-6-15(7)2/h6,19H,3-5H2,1-2H3,(H,16,17)(H2,11,12,18). The summed E-state index contributed by atoms with van der Waals surface area (Å²) in [7, 11) is 1.79. The van der Waals surface area contributed by atoms with Gasteiger partial charge >= 0.3 is 12.0 Å². The number of carboxylic acid groups (broad SMARTS) is 1. The zero-order chi connectivity index (χ0) is 14.5. The Labute approximate surface area is 109 Å². The lowest BCUT2D eigenvalue weighted by Gasteiger charge is -2.18. The van der Waals surface area contributed by atoms with Crippen LogP contribution in [0.3, 0.4) is 0 Å². The van der Waals surface area contributed by atoms with Gasteiger partial charge in [0, 0.05) is 20.0 Å². The van der Waals surface area contributed by atoms with Crippen LogP contribution in [0.15, 0.2) is 6.33 Å². The van der Waals surface area contributed by atoms with Crippen LogP contribution in [0.1, 0.15) is 12.7 Å². The fourth-order valence-electron chi connectivity index (χ4n) is 1.21. The molecule has 0 aliphatic rings. The second-order valence-corrected chi connectivity index (χ2v) is 4.30. The average molecular weight is 271 g/mol. The minimum Gasteiger partial charge on any atom is -0.479 e. The van der Waals surface area contributed by atoms with Crippen LogP contribution in [0, 0.1) is 0 Å². The molecule has 9 nitrogen and oxygen atoms in total. The fourth-order valence-corrected chi connectivity index (χ4v) is 1.21. The van der Waals surface area contributed by atoms with Gasteiger partial charge in [-0.05, 0) is 6.92 Å². The van der Waals surface area contributed by atoms with Crippen molar-refractivity contribution in [2.45, 2.75) is 18.9 Å². The molecule has 1 aromatic heterocycles. The molecule has 19 heavy (non-hydrogen) atoms. The van der Waals surface area contributed by atoms with Gasteiger partial charge in [0.05, 0.1) is 6.54 Å². The number of carbonyl (C=O) groups excluding carboxylic acids is 1. The number of aliphatic carboxylic acids is 1. The molecular formula is C10H17N5O4. The summed E-state index contributed by atoms with van der Waals surface area (Å²) < 4.78 is 1.73. The molecule has 0 aliphatic carbocycles. The minimum atomic E-state index is -1.99. The van der Waals surface area contributed by atoms with Crippen LogP contribution in [0.4, 0.5) is 4.79 Å². The maximum Gasteiger partial charge on any atom is 0.337 e. The lowest BCUT2D eigenvalue weighted by atomic mass is 10.1. The number of urea groups is 1. The first-order valence-corrected chi connectivity index (χ1v) is 5.63. The zero-order valence-electron chi connectivity index (χ0n) is 10.8. The monoisotopic (exact) mass is 271 g/mol. The molecule has 1 aromatic rings. The number of aromatic nitrogens is 3. The maximum atomic E-state index is 11.4. The molecule has 0 bridgehead atoms. The topological polar surface area (TPSA) is 129 Å². The SMILES string of the molecule is Cn1cnnc1CCNC(=O)NCC(C)(O)C(=O)O. The number of nitrogens with zero attached hydrogens (tertiary/aromatic N) is 3. The van der Waals surface area contributed by atoms with Crippen LogP contribution in [-0.4, -0.2) is 55.7 Å². The summed E-state index contributed by atoms with van der Waals surface area (Å²) >= 11 is 0. The molecule has 0 fully saturated rings. The largest absolute Gasteiger partial charge is 0.479 e. The number of nitrogens with one attached hydrogen (secondary N) is 2. The van der Waals surface area contributed by atoms with Gasteiger partial charge in [-0.25, -0.2) is 9.59 Å². The molecule has 106 valence electrons. The normalized spacial score (nSPS) is 13.6. The van der Waals surface area contributed by atoms with Gasteiger partial charge in [0.1, 0.15) is 12.2 Å². The van der Waals surface area contributed by atoms with E-state index >= 15 is 0 Å². The number of hydrogen-bond acceptors (Lipinski definition) is 5. The highest BCUT2D eigenvalue weighted by molar-refractivity contribution is 5.79. The average Bonchev–Trinajstić information content (AvgIpc) is 2.72. The summed E-state index contributed by atoms with van der Waals surface area (Å²) in [6.07, 6.45) is 2.05. The van der Waals surface area contributed by atoms with Crippen molar-refractivity contribution in [2.75, 3.05) is 13.1 Å². The van der Waals surface area contributed by atoms with Gasteiger partial charge in [-0.15, -0.1) is 10.2 Å². The predicted molar refractivity (Wildman–Crippen MR) is 64.4 cm³/mol. The Balaban J connectivity index is 2.26. The van der Waals surface area contributed by atoms with Crippen LogP contribution < -0.4 is 10.6 Å². The molecule has 0 aromatic carbocycles. The van der Waals surface area contributed by atoms with Gasteiger partial charge in [-0.1, -0.05) is 0 Å². The first-order valence-electron chi connectivity index (χ1n) is 5.63. The van der Waals surface area contributed by atoms with E-state index in [0.29, 0.717) is 13.0 Å². The van der Waals surface area contributed by atoms with E-state index in [2.05, 4.69) is 20.8 Å². The summed E-state index contributed by atoms with van der Waals surface area (Å²) in [5.74, 6) is -0.676. The Kier molecular flexibility index (Phi) is 4.81. The van der Waals surface area contributed by atoms with E-state index in [-0.39, 0.29) is 6.54 Å². The predicted octanol–water partition coefficient (Wildman–Crippen LogP) is -1.51. The molecule has 0 saturated heterocycles. The third kappa shape index (κ3) is 4.54. The molecule has 9 heteroatoms. The molecule has 1 heterocycles. The summed E-state index contributed by atoms with van der Waals surface area (Å²) in [5, 5.41) is 30.4. The van der Waals surface area contributed by atoms with Gasteiger partial charge in [0.15, 0.2) is 5.60 Å². The first kappa shape index (κ1) is 14.9. The first-order chi connectivity index (χ1) is 8.83. The molecule has 0 spiro atoms. The molecule has 2 amide bonds. The Morgan fingerprint density at radius 1 is 1.47 bits per heavy atom. The highest BCUT2D eigenvalue weighted by atomic mass is 16.4. The molecular weight excluding hydrogens is 254 g/mol. The van der Waals surface area contributed by atoms with Crippen molar-refractivity contribution in [1.82, 2.24) is 25.4 Å².